The van der Waals surface area contributed by atoms with Gasteiger partial charge in [0.1, 0.15) is 0 Å². The first-order valence-electron chi connectivity index (χ1n) is 7.40. The van der Waals surface area contributed by atoms with Crippen LogP contribution in [0, 0.1) is 6.92 Å². The Hall–Kier alpha value is -2.29. The summed E-state index contributed by atoms with van der Waals surface area (Å²) in [6.07, 6.45) is 1.03. The van der Waals surface area contributed by atoms with Crippen LogP contribution in [-0.4, -0.2) is 24.0 Å². The number of carbonyl (C=O) groups is 1. The van der Waals surface area contributed by atoms with Crippen molar-refractivity contribution in [2.24, 2.45) is 0 Å². The van der Waals surface area contributed by atoms with Crippen LogP contribution in [0.3, 0.4) is 0 Å². The monoisotopic (exact) mass is 280 g/mol. The Bertz CT molecular complexity index is 624. The van der Waals surface area contributed by atoms with E-state index >= 15 is 0 Å². The molecule has 1 aliphatic rings. The normalized spacial score (nSPS) is 17.8. The van der Waals surface area contributed by atoms with E-state index in [0.29, 0.717) is 5.92 Å². The highest BCUT2D eigenvalue weighted by atomic mass is 16.2. The Morgan fingerprint density at radius 2 is 1.95 bits per heavy atom. The van der Waals surface area contributed by atoms with Crippen molar-refractivity contribution in [2.45, 2.75) is 19.3 Å². The lowest BCUT2D eigenvalue weighted by Gasteiger charge is -2.17. The maximum Gasteiger partial charge on any atom is 0.321 e. The van der Waals surface area contributed by atoms with Gasteiger partial charge in [0.15, 0.2) is 0 Å². The van der Waals surface area contributed by atoms with Gasteiger partial charge < -0.3 is 10.2 Å². The second kappa shape index (κ2) is 6.00. The number of hydrogen-bond acceptors (Lipinski definition) is 1. The molecule has 0 saturated carbocycles. The summed E-state index contributed by atoms with van der Waals surface area (Å²) in [5, 5.41) is 2.98. The summed E-state index contributed by atoms with van der Waals surface area (Å²) in [4.78, 5) is 14.2. The number of nitrogens with one attached hydrogen (secondary N) is 1. The molecule has 0 spiro atoms. The molecule has 0 aliphatic carbocycles. The second-order valence-electron chi connectivity index (χ2n) is 5.64. The van der Waals surface area contributed by atoms with Gasteiger partial charge in [-0.1, -0.05) is 42.5 Å². The van der Waals surface area contributed by atoms with Crippen LogP contribution in [0.2, 0.25) is 0 Å². The van der Waals surface area contributed by atoms with Crippen LogP contribution in [0.25, 0.3) is 0 Å². The number of likely N-dealkylation sites (tertiary alicyclic amines) is 1. The van der Waals surface area contributed by atoms with Gasteiger partial charge >= 0.3 is 6.03 Å². The number of benzene rings is 2. The van der Waals surface area contributed by atoms with E-state index < -0.39 is 0 Å². The van der Waals surface area contributed by atoms with E-state index in [1.807, 2.05) is 42.2 Å². The molecule has 2 aromatic carbocycles. The topological polar surface area (TPSA) is 32.3 Å². The lowest BCUT2D eigenvalue weighted by atomic mass is 9.99. The van der Waals surface area contributed by atoms with E-state index in [-0.39, 0.29) is 6.03 Å². The van der Waals surface area contributed by atoms with Gasteiger partial charge in [-0.2, -0.15) is 0 Å². The van der Waals surface area contributed by atoms with Gasteiger partial charge in [-0.05, 0) is 36.6 Å². The van der Waals surface area contributed by atoms with Gasteiger partial charge in [-0.15, -0.1) is 0 Å². The van der Waals surface area contributed by atoms with Crippen LogP contribution in [0.4, 0.5) is 10.5 Å². The molecule has 1 heterocycles. The van der Waals surface area contributed by atoms with Crippen LogP contribution in [0.1, 0.15) is 23.5 Å². The van der Waals surface area contributed by atoms with E-state index in [1.165, 1.54) is 5.56 Å². The molecule has 0 aromatic heterocycles. The molecule has 1 unspecified atom stereocenters. The zero-order chi connectivity index (χ0) is 14.7. The molecule has 108 valence electrons. The molecular formula is C18H20N2O. The van der Waals surface area contributed by atoms with Crippen LogP contribution in [0.15, 0.2) is 54.6 Å². The van der Waals surface area contributed by atoms with E-state index in [4.69, 9.17) is 0 Å². The number of amides is 2. The Kier molecular flexibility index (Phi) is 3.91. The Morgan fingerprint density at radius 1 is 1.14 bits per heavy atom. The van der Waals surface area contributed by atoms with Crippen molar-refractivity contribution in [3.05, 3.63) is 65.7 Å². The maximum atomic E-state index is 12.3. The fourth-order valence-corrected chi connectivity index (χ4v) is 2.87. The van der Waals surface area contributed by atoms with Crippen molar-refractivity contribution in [3.63, 3.8) is 0 Å². The summed E-state index contributed by atoms with van der Waals surface area (Å²) in [6, 6.07) is 18.3. The zero-order valence-electron chi connectivity index (χ0n) is 12.3. The Morgan fingerprint density at radius 3 is 2.71 bits per heavy atom. The summed E-state index contributed by atoms with van der Waals surface area (Å²) in [5.41, 5.74) is 3.34. The van der Waals surface area contributed by atoms with Crippen molar-refractivity contribution in [1.82, 2.24) is 4.90 Å². The van der Waals surface area contributed by atoms with Crippen molar-refractivity contribution in [1.29, 1.82) is 0 Å². The SMILES string of the molecule is Cc1cccc(NC(=O)N2CCC(c3ccccc3)C2)c1. The first kappa shape index (κ1) is 13.7. The lowest BCUT2D eigenvalue weighted by molar-refractivity contribution is 0.222. The van der Waals surface area contributed by atoms with E-state index in [2.05, 4.69) is 29.6 Å². The van der Waals surface area contributed by atoms with Gasteiger partial charge in [0.05, 0.1) is 0 Å². The van der Waals surface area contributed by atoms with Crippen molar-refractivity contribution in [3.8, 4) is 0 Å². The molecule has 3 rings (SSSR count). The number of rotatable bonds is 2. The van der Waals surface area contributed by atoms with E-state index in [0.717, 1.165) is 30.8 Å². The first-order chi connectivity index (χ1) is 10.2. The molecule has 2 amide bonds. The highest BCUT2D eigenvalue weighted by molar-refractivity contribution is 5.89. The van der Waals surface area contributed by atoms with Crippen LogP contribution >= 0.6 is 0 Å². The molecule has 3 heteroatoms. The number of aryl methyl sites for hydroxylation is 1. The molecular weight excluding hydrogens is 260 g/mol. The Labute approximate surface area is 125 Å². The summed E-state index contributed by atoms with van der Waals surface area (Å²) >= 11 is 0. The molecule has 1 atom stereocenters. The van der Waals surface area contributed by atoms with E-state index in [1.54, 1.807) is 0 Å². The molecule has 0 bridgehead atoms. The average molecular weight is 280 g/mol. The predicted octanol–water partition coefficient (Wildman–Crippen LogP) is 4.02. The van der Waals surface area contributed by atoms with Crippen molar-refractivity contribution < 1.29 is 4.79 Å². The van der Waals surface area contributed by atoms with Gasteiger partial charge in [0, 0.05) is 24.7 Å². The number of urea groups is 1. The van der Waals surface area contributed by atoms with Gasteiger partial charge in [-0.3, -0.25) is 0 Å². The first-order valence-corrected chi connectivity index (χ1v) is 7.40. The molecule has 21 heavy (non-hydrogen) atoms. The summed E-state index contributed by atoms with van der Waals surface area (Å²) in [6.45, 7) is 3.63. The quantitative estimate of drug-likeness (QED) is 0.885. The maximum absolute atomic E-state index is 12.3. The molecule has 1 saturated heterocycles. The molecule has 3 nitrogen and oxygen atoms in total. The number of hydrogen-bond donors (Lipinski definition) is 1. The van der Waals surface area contributed by atoms with Gasteiger partial charge in [0.25, 0.3) is 0 Å². The fraction of sp³-hybridized carbons (Fsp3) is 0.278. The van der Waals surface area contributed by atoms with E-state index in [9.17, 15) is 4.79 Å². The third-order valence-electron chi connectivity index (χ3n) is 4.02. The minimum atomic E-state index is -0.000897. The highest BCUT2D eigenvalue weighted by Crippen LogP contribution is 2.27. The summed E-state index contributed by atoms with van der Waals surface area (Å²) < 4.78 is 0. The second-order valence-corrected chi connectivity index (χ2v) is 5.64. The van der Waals surface area contributed by atoms with Crippen molar-refractivity contribution in [2.75, 3.05) is 18.4 Å². The molecule has 2 aromatic rings. The third-order valence-corrected chi connectivity index (χ3v) is 4.02. The van der Waals surface area contributed by atoms with Crippen LogP contribution in [0.5, 0.6) is 0 Å². The minimum absolute atomic E-state index is 0.000897. The van der Waals surface area contributed by atoms with Crippen molar-refractivity contribution >= 4 is 11.7 Å². The molecule has 1 fully saturated rings. The fourth-order valence-electron chi connectivity index (χ4n) is 2.87. The third kappa shape index (κ3) is 3.24. The zero-order valence-corrected chi connectivity index (χ0v) is 12.3. The minimum Gasteiger partial charge on any atom is -0.324 e. The van der Waals surface area contributed by atoms with Crippen LogP contribution in [-0.2, 0) is 0 Å². The Balaban J connectivity index is 1.62. The summed E-state index contributed by atoms with van der Waals surface area (Å²) in [7, 11) is 0. The predicted molar refractivity (Wildman–Crippen MR) is 85.6 cm³/mol. The number of anilines is 1. The molecule has 1 N–H and O–H groups in total. The lowest BCUT2D eigenvalue weighted by Crippen LogP contribution is -2.32. The van der Waals surface area contributed by atoms with Crippen LogP contribution < -0.4 is 5.32 Å². The van der Waals surface area contributed by atoms with Gasteiger partial charge in [-0.25, -0.2) is 4.79 Å². The smallest absolute Gasteiger partial charge is 0.321 e. The van der Waals surface area contributed by atoms with Gasteiger partial charge in [0.2, 0.25) is 0 Å². The average Bonchev–Trinajstić information content (AvgIpc) is 2.98. The molecule has 0 radical (unpaired) electrons. The number of nitrogens with zero attached hydrogens (tertiary/aromatic N) is 1. The summed E-state index contributed by atoms with van der Waals surface area (Å²) in [5.74, 6) is 0.453. The number of carbonyl (C=O) groups excluding carboxylic acids is 1. The highest BCUT2D eigenvalue weighted by Gasteiger charge is 2.27. The standard InChI is InChI=1S/C18H20N2O/c1-14-6-5-9-17(12-14)19-18(21)20-11-10-16(13-20)15-7-3-2-4-8-15/h2-9,12,16H,10-11,13H2,1H3,(H,19,21). The molecule has 1 aliphatic heterocycles. The largest absolute Gasteiger partial charge is 0.324 e.